The quantitative estimate of drug-likeness (QED) is 0.770. The summed E-state index contributed by atoms with van der Waals surface area (Å²) in [5.74, 6) is 1.98. The van der Waals surface area contributed by atoms with Gasteiger partial charge in [-0.05, 0) is 47.4 Å². The number of methoxy groups -OCH3 is 2. The van der Waals surface area contributed by atoms with E-state index in [0.29, 0.717) is 5.88 Å². The molecule has 0 unspecified atom stereocenters. The molecule has 100 valence electrons. The molecule has 0 saturated carbocycles. The number of hydrogen-bond donors (Lipinski definition) is 0. The third kappa shape index (κ3) is 2.85. The number of alkyl halides is 1. The first-order valence-electron chi connectivity index (χ1n) is 6.07. The minimum absolute atomic E-state index is 0.514. The molecule has 0 N–H and O–H groups in total. The maximum atomic E-state index is 5.90. The first-order valence-corrected chi connectivity index (χ1v) is 6.61. The molecule has 0 aliphatic carbocycles. The van der Waals surface area contributed by atoms with Gasteiger partial charge in [-0.25, -0.2) is 0 Å². The van der Waals surface area contributed by atoms with Crippen LogP contribution in [0.4, 0.5) is 0 Å². The van der Waals surface area contributed by atoms with Gasteiger partial charge in [-0.2, -0.15) is 0 Å². The Balaban J connectivity index is 2.52. The minimum Gasteiger partial charge on any atom is -0.493 e. The molecule has 0 amide bonds. The zero-order valence-electron chi connectivity index (χ0n) is 11.4. The second-order valence-corrected chi connectivity index (χ2v) is 4.62. The summed E-state index contributed by atoms with van der Waals surface area (Å²) >= 11 is 5.90. The van der Waals surface area contributed by atoms with Gasteiger partial charge in [-0.3, -0.25) is 0 Å². The van der Waals surface area contributed by atoms with Crippen molar-refractivity contribution in [3.63, 3.8) is 0 Å². The van der Waals surface area contributed by atoms with Crippen LogP contribution in [0.3, 0.4) is 0 Å². The van der Waals surface area contributed by atoms with Crippen LogP contribution in [-0.2, 0) is 5.88 Å². The molecule has 19 heavy (non-hydrogen) atoms. The summed E-state index contributed by atoms with van der Waals surface area (Å²) in [7, 11) is 3.28. The van der Waals surface area contributed by atoms with Crippen LogP contribution in [0.1, 0.15) is 11.1 Å². The molecular weight excluding hydrogens is 260 g/mol. The second-order valence-electron chi connectivity index (χ2n) is 4.35. The van der Waals surface area contributed by atoms with E-state index in [1.54, 1.807) is 14.2 Å². The molecule has 0 fully saturated rings. The number of aryl methyl sites for hydroxylation is 1. The van der Waals surface area contributed by atoms with Crippen molar-refractivity contribution in [2.75, 3.05) is 14.2 Å². The van der Waals surface area contributed by atoms with E-state index in [0.717, 1.165) is 22.6 Å². The van der Waals surface area contributed by atoms with Gasteiger partial charge < -0.3 is 9.47 Å². The summed E-state index contributed by atoms with van der Waals surface area (Å²) in [5, 5.41) is 0. The van der Waals surface area contributed by atoms with E-state index in [4.69, 9.17) is 21.1 Å². The van der Waals surface area contributed by atoms with Crippen LogP contribution in [0.25, 0.3) is 11.1 Å². The predicted octanol–water partition coefficient (Wildman–Crippen LogP) is 4.42. The molecule has 0 aliphatic rings. The van der Waals surface area contributed by atoms with E-state index < -0.39 is 0 Å². The number of halogens is 1. The van der Waals surface area contributed by atoms with Crippen LogP contribution in [0.15, 0.2) is 36.4 Å². The Kier molecular flexibility index (Phi) is 4.33. The Morgan fingerprint density at radius 2 is 1.68 bits per heavy atom. The Morgan fingerprint density at radius 3 is 2.32 bits per heavy atom. The van der Waals surface area contributed by atoms with Gasteiger partial charge in [0.25, 0.3) is 0 Å². The van der Waals surface area contributed by atoms with Crippen LogP contribution in [0.5, 0.6) is 11.5 Å². The topological polar surface area (TPSA) is 18.5 Å². The number of benzene rings is 2. The van der Waals surface area contributed by atoms with Gasteiger partial charge in [-0.1, -0.05) is 18.2 Å². The lowest BCUT2D eigenvalue weighted by Gasteiger charge is -2.12. The van der Waals surface area contributed by atoms with Crippen molar-refractivity contribution in [2.24, 2.45) is 0 Å². The molecule has 2 rings (SSSR count). The molecule has 0 radical (unpaired) electrons. The van der Waals surface area contributed by atoms with Crippen molar-refractivity contribution in [3.05, 3.63) is 47.5 Å². The first kappa shape index (κ1) is 13.8. The van der Waals surface area contributed by atoms with Gasteiger partial charge in [0.05, 0.1) is 14.2 Å². The fourth-order valence-corrected chi connectivity index (χ4v) is 2.23. The van der Waals surface area contributed by atoms with E-state index in [1.165, 1.54) is 11.1 Å². The summed E-state index contributed by atoms with van der Waals surface area (Å²) < 4.78 is 10.6. The third-order valence-electron chi connectivity index (χ3n) is 3.15. The van der Waals surface area contributed by atoms with Crippen molar-refractivity contribution in [1.29, 1.82) is 0 Å². The van der Waals surface area contributed by atoms with Gasteiger partial charge in [0.2, 0.25) is 0 Å². The number of ether oxygens (including phenoxy) is 2. The molecule has 2 aromatic carbocycles. The lowest BCUT2D eigenvalue weighted by molar-refractivity contribution is 0.355. The van der Waals surface area contributed by atoms with Gasteiger partial charge >= 0.3 is 0 Å². The van der Waals surface area contributed by atoms with Crippen molar-refractivity contribution >= 4 is 11.6 Å². The highest BCUT2D eigenvalue weighted by molar-refractivity contribution is 6.17. The van der Waals surface area contributed by atoms with E-state index in [1.807, 2.05) is 24.3 Å². The molecule has 0 saturated heterocycles. The maximum absolute atomic E-state index is 5.90. The molecule has 0 atom stereocenters. The highest BCUT2D eigenvalue weighted by Gasteiger charge is 2.08. The zero-order chi connectivity index (χ0) is 13.8. The van der Waals surface area contributed by atoms with Crippen molar-refractivity contribution in [3.8, 4) is 22.6 Å². The highest BCUT2D eigenvalue weighted by atomic mass is 35.5. The molecule has 2 aromatic rings. The molecule has 0 spiro atoms. The maximum Gasteiger partial charge on any atom is 0.161 e. The van der Waals surface area contributed by atoms with Gasteiger partial charge in [-0.15, -0.1) is 11.6 Å². The predicted molar refractivity (Wildman–Crippen MR) is 79.3 cm³/mol. The average Bonchev–Trinajstić information content (AvgIpc) is 2.47. The van der Waals surface area contributed by atoms with Crippen molar-refractivity contribution < 1.29 is 9.47 Å². The monoisotopic (exact) mass is 276 g/mol. The Bertz CT molecular complexity index is 579. The van der Waals surface area contributed by atoms with E-state index in [-0.39, 0.29) is 0 Å². The van der Waals surface area contributed by atoms with E-state index in [2.05, 4.69) is 19.1 Å². The van der Waals surface area contributed by atoms with Gasteiger partial charge in [0.15, 0.2) is 11.5 Å². The number of rotatable bonds is 4. The number of hydrogen-bond acceptors (Lipinski definition) is 2. The minimum atomic E-state index is 0.514. The highest BCUT2D eigenvalue weighted by Crippen LogP contribution is 2.34. The Labute approximate surface area is 118 Å². The molecule has 0 bridgehead atoms. The summed E-state index contributed by atoms with van der Waals surface area (Å²) in [6.45, 7) is 2.09. The smallest absolute Gasteiger partial charge is 0.161 e. The fourth-order valence-electron chi connectivity index (χ4n) is 2.07. The largest absolute Gasteiger partial charge is 0.493 e. The zero-order valence-corrected chi connectivity index (χ0v) is 12.1. The first-order chi connectivity index (χ1) is 9.19. The SMILES string of the molecule is COc1ccc(-c2cc(CCl)ccc2C)cc1OC. The van der Waals surface area contributed by atoms with Crippen LogP contribution in [0, 0.1) is 6.92 Å². The molecule has 0 aromatic heterocycles. The van der Waals surface area contributed by atoms with Gasteiger partial charge in [0, 0.05) is 5.88 Å². The van der Waals surface area contributed by atoms with Crippen LogP contribution in [-0.4, -0.2) is 14.2 Å². The fraction of sp³-hybridized carbons (Fsp3) is 0.250. The normalized spacial score (nSPS) is 10.3. The molecule has 0 aliphatic heterocycles. The summed E-state index contributed by atoms with van der Waals surface area (Å²) in [6, 6.07) is 12.2. The van der Waals surface area contributed by atoms with Crippen LogP contribution >= 0.6 is 11.6 Å². The molecule has 0 heterocycles. The second kappa shape index (κ2) is 5.98. The van der Waals surface area contributed by atoms with E-state index >= 15 is 0 Å². The molecular formula is C16H17ClO2. The van der Waals surface area contributed by atoms with Crippen molar-refractivity contribution in [2.45, 2.75) is 12.8 Å². The van der Waals surface area contributed by atoms with Crippen LogP contribution < -0.4 is 9.47 Å². The average molecular weight is 277 g/mol. The standard InChI is InChI=1S/C16H17ClO2/c1-11-4-5-12(10-17)8-14(11)13-6-7-15(18-2)16(9-13)19-3/h4-9H,10H2,1-3H3. The Morgan fingerprint density at radius 1 is 0.947 bits per heavy atom. The van der Waals surface area contributed by atoms with Crippen molar-refractivity contribution in [1.82, 2.24) is 0 Å². The summed E-state index contributed by atoms with van der Waals surface area (Å²) in [6.07, 6.45) is 0. The van der Waals surface area contributed by atoms with Gasteiger partial charge in [0.1, 0.15) is 0 Å². The van der Waals surface area contributed by atoms with Crippen LogP contribution in [0.2, 0.25) is 0 Å². The third-order valence-corrected chi connectivity index (χ3v) is 3.46. The lowest BCUT2D eigenvalue weighted by Crippen LogP contribution is -1.92. The summed E-state index contributed by atoms with van der Waals surface area (Å²) in [4.78, 5) is 0. The van der Waals surface area contributed by atoms with E-state index in [9.17, 15) is 0 Å². The molecule has 2 nitrogen and oxygen atoms in total. The molecule has 3 heteroatoms. The Hall–Kier alpha value is -1.67. The lowest BCUT2D eigenvalue weighted by atomic mass is 9.98. The summed E-state index contributed by atoms with van der Waals surface area (Å²) in [5.41, 5.74) is 4.58.